The second-order valence-electron chi connectivity index (χ2n) is 10.1. The number of hydrogen-bond donors (Lipinski definition) is 1. The predicted molar refractivity (Wildman–Crippen MR) is 154 cm³/mol. The fourth-order valence-corrected chi connectivity index (χ4v) is 6.47. The third-order valence-electron chi connectivity index (χ3n) is 7.33. The summed E-state index contributed by atoms with van der Waals surface area (Å²) in [5.41, 5.74) is 0.741. The number of amides is 2. The van der Waals surface area contributed by atoms with Gasteiger partial charge in [0.2, 0.25) is 11.8 Å². The van der Waals surface area contributed by atoms with Crippen molar-refractivity contribution < 1.29 is 22.4 Å². The largest absolute Gasteiger partial charge is 0.352 e. The summed E-state index contributed by atoms with van der Waals surface area (Å²) in [7, 11) is -4.30. The van der Waals surface area contributed by atoms with E-state index in [9.17, 15) is 22.4 Å². The third-order valence-corrected chi connectivity index (χ3v) is 9.11. The molecule has 212 valence electrons. The molecule has 0 spiro atoms. The number of nitrogens with zero attached hydrogens (tertiary/aromatic N) is 2. The molecule has 1 aliphatic rings. The number of sulfonamides is 1. The molecule has 0 heterocycles. The standard InChI is InChI=1S/C31H36FN3O4S/c1-24(31(37)33-26-15-7-3-8-16-26)34(22-21-25-13-5-2-6-14-25)30(36)23-35(29-20-12-11-19-28(29)32)40(38,39)27-17-9-4-10-18-27/h2,4-6,9-14,17-20,24,26H,3,7-8,15-16,21-23H2,1H3,(H,33,37)/t24-/m0/s1. The quantitative estimate of drug-likeness (QED) is 0.357. The fourth-order valence-electron chi connectivity index (χ4n) is 5.03. The van der Waals surface area contributed by atoms with Crippen LogP contribution in [-0.2, 0) is 26.0 Å². The van der Waals surface area contributed by atoms with Crippen LogP contribution in [0.5, 0.6) is 0 Å². The van der Waals surface area contributed by atoms with Crippen molar-refractivity contribution >= 4 is 27.5 Å². The molecule has 1 atom stereocenters. The van der Waals surface area contributed by atoms with Gasteiger partial charge in [-0.25, -0.2) is 12.8 Å². The molecule has 3 aromatic rings. The second kappa shape index (κ2) is 13.6. The molecule has 4 rings (SSSR count). The van der Waals surface area contributed by atoms with Crippen molar-refractivity contribution in [2.24, 2.45) is 0 Å². The molecule has 1 N–H and O–H groups in total. The summed E-state index contributed by atoms with van der Waals surface area (Å²) in [5.74, 6) is -1.64. The van der Waals surface area contributed by atoms with Gasteiger partial charge in [0.15, 0.2) is 0 Å². The van der Waals surface area contributed by atoms with Crippen LogP contribution in [0.2, 0.25) is 0 Å². The number of carbonyl (C=O) groups is 2. The smallest absolute Gasteiger partial charge is 0.264 e. The fraction of sp³-hybridized carbons (Fsp3) is 0.355. The van der Waals surface area contributed by atoms with Gasteiger partial charge in [-0.2, -0.15) is 0 Å². The van der Waals surface area contributed by atoms with Crippen molar-refractivity contribution in [2.75, 3.05) is 17.4 Å². The van der Waals surface area contributed by atoms with Crippen molar-refractivity contribution in [3.63, 3.8) is 0 Å². The van der Waals surface area contributed by atoms with Crippen molar-refractivity contribution in [3.05, 3.63) is 96.3 Å². The van der Waals surface area contributed by atoms with Gasteiger partial charge in [0.25, 0.3) is 10.0 Å². The first kappa shape index (κ1) is 29.3. The summed E-state index contributed by atoms with van der Waals surface area (Å²) in [6.45, 7) is 1.19. The van der Waals surface area contributed by atoms with Crippen LogP contribution in [-0.4, -0.2) is 50.3 Å². The van der Waals surface area contributed by atoms with Crippen LogP contribution in [0.25, 0.3) is 0 Å². The first-order chi connectivity index (χ1) is 19.3. The highest BCUT2D eigenvalue weighted by Crippen LogP contribution is 2.27. The maximum atomic E-state index is 15.0. The van der Waals surface area contributed by atoms with Crippen molar-refractivity contribution in [1.82, 2.24) is 10.2 Å². The van der Waals surface area contributed by atoms with Gasteiger partial charge < -0.3 is 10.2 Å². The minimum Gasteiger partial charge on any atom is -0.352 e. The molecular weight excluding hydrogens is 529 g/mol. The van der Waals surface area contributed by atoms with Gasteiger partial charge in [0.1, 0.15) is 18.4 Å². The number of rotatable bonds is 11. The molecule has 0 unspecified atom stereocenters. The maximum Gasteiger partial charge on any atom is 0.264 e. The molecule has 7 nitrogen and oxygen atoms in total. The Labute approximate surface area is 236 Å². The molecule has 1 fully saturated rings. The number of halogens is 1. The lowest BCUT2D eigenvalue weighted by Gasteiger charge is -2.33. The van der Waals surface area contributed by atoms with Crippen LogP contribution in [0.3, 0.4) is 0 Å². The summed E-state index contributed by atoms with van der Waals surface area (Å²) < 4.78 is 43.1. The average Bonchev–Trinajstić information content (AvgIpc) is 2.98. The van der Waals surface area contributed by atoms with Crippen molar-refractivity contribution in [2.45, 2.75) is 62.4 Å². The molecule has 0 bridgehead atoms. The van der Waals surface area contributed by atoms with Gasteiger partial charge in [-0.15, -0.1) is 0 Å². The van der Waals surface area contributed by atoms with E-state index in [1.807, 2.05) is 30.3 Å². The van der Waals surface area contributed by atoms with Crippen molar-refractivity contribution in [3.8, 4) is 0 Å². The summed E-state index contributed by atoms with van der Waals surface area (Å²) in [6.07, 6.45) is 5.50. The van der Waals surface area contributed by atoms with E-state index < -0.39 is 34.3 Å². The minimum atomic E-state index is -4.30. The SMILES string of the molecule is C[C@@H](C(=O)NC1CCCCC1)N(CCc1ccccc1)C(=O)CN(c1ccccc1F)S(=O)(=O)c1ccccc1. The van der Waals surface area contributed by atoms with Gasteiger partial charge in [-0.05, 0) is 56.0 Å². The zero-order valence-corrected chi connectivity index (χ0v) is 23.5. The minimum absolute atomic E-state index is 0.0585. The monoisotopic (exact) mass is 565 g/mol. The molecule has 3 aromatic carbocycles. The van der Waals surface area contributed by atoms with Crippen LogP contribution in [0, 0.1) is 5.82 Å². The number of nitrogens with one attached hydrogen (secondary N) is 1. The molecule has 0 radical (unpaired) electrons. The Morgan fingerprint density at radius 2 is 1.50 bits per heavy atom. The average molecular weight is 566 g/mol. The summed E-state index contributed by atoms with van der Waals surface area (Å²) in [4.78, 5) is 28.5. The molecule has 0 saturated heterocycles. The highest BCUT2D eigenvalue weighted by molar-refractivity contribution is 7.92. The number of benzene rings is 3. The van der Waals surface area contributed by atoms with E-state index in [0.29, 0.717) is 6.42 Å². The summed E-state index contributed by atoms with van der Waals surface area (Å²) >= 11 is 0. The van der Waals surface area contributed by atoms with E-state index in [2.05, 4.69) is 5.32 Å². The highest BCUT2D eigenvalue weighted by Gasteiger charge is 2.33. The Kier molecular flexibility index (Phi) is 9.93. The first-order valence-corrected chi connectivity index (χ1v) is 15.2. The third kappa shape index (κ3) is 7.27. The molecule has 2 amide bonds. The number of para-hydroxylation sites is 1. The highest BCUT2D eigenvalue weighted by atomic mass is 32.2. The van der Waals surface area contributed by atoms with E-state index in [-0.39, 0.29) is 29.1 Å². The zero-order chi connectivity index (χ0) is 28.5. The van der Waals surface area contributed by atoms with Gasteiger partial charge in [-0.3, -0.25) is 13.9 Å². The van der Waals surface area contributed by atoms with Crippen LogP contribution < -0.4 is 9.62 Å². The van der Waals surface area contributed by atoms with Crippen molar-refractivity contribution in [1.29, 1.82) is 0 Å². The van der Waals surface area contributed by atoms with Gasteiger partial charge in [0.05, 0.1) is 10.6 Å². The second-order valence-corrected chi connectivity index (χ2v) is 12.0. The molecule has 0 aromatic heterocycles. The van der Waals surface area contributed by atoms with Gasteiger partial charge in [-0.1, -0.05) is 79.9 Å². The normalized spacial score (nSPS) is 14.8. The zero-order valence-electron chi connectivity index (χ0n) is 22.7. The van der Waals surface area contributed by atoms with Crippen LogP contribution in [0.4, 0.5) is 10.1 Å². The van der Waals surface area contributed by atoms with E-state index in [1.165, 1.54) is 35.2 Å². The van der Waals surface area contributed by atoms with E-state index >= 15 is 0 Å². The van der Waals surface area contributed by atoms with Gasteiger partial charge >= 0.3 is 0 Å². The van der Waals surface area contributed by atoms with E-state index in [0.717, 1.165) is 48.0 Å². The lowest BCUT2D eigenvalue weighted by atomic mass is 9.95. The van der Waals surface area contributed by atoms with E-state index in [1.54, 1.807) is 25.1 Å². The Hall–Kier alpha value is -3.72. The molecule has 40 heavy (non-hydrogen) atoms. The predicted octanol–water partition coefficient (Wildman–Crippen LogP) is 4.93. The Bertz CT molecular complexity index is 1380. The van der Waals surface area contributed by atoms with E-state index in [4.69, 9.17) is 0 Å². The summed E-state index contributed by atoms with van der Waals surface area (Å²) in [5, 5.41) is 3.08. The molecule has 0 aliphatic heterocycles. The molecule has 1 aliphatic carbocycles. The number of hydrogen-bond acceptors (Lipinski definition) is 4. The summed E-state index contributed by atoms with van der Waals surface area (Å²) in [6, 6.07) is 21.8. The van der Waals surface area contributed by atoms with Gasteiger partial charge in [0, 0.05) is 12.6 Å². The topological polar surface area (TPSA) is 86.8 Å². The van der Waals surface area contributed by atoms with Crippen LogP contribution in [0.15, 0.2) is 89.8 Å². The Morgan fingerprint density at radius 3 is 2.15 bits per heavy atom. The maximum absolute atomic E-state index is 15.0. The lowest BCUT2D eigenvalue weighted by Crippen LogP contribution is -2.53. The molecule has 1 saturated carbocycles. The number of anilines is 1. The Balaban J connectivity index is 1.63. The van der Waals surface area contributed by atoms with Crippen LogP contribution in [0.1, 0.15) is 44.6 Å². The first-order valence-electron chi connectivity index (χ1n) is 13.7. The van der Waals surface area contributed by atoms with Crippen LogP contribution >= 0.6 is 0 Å². The molecular formula is C31H36FN3O4S. The molecule has 9 heteroatoms. The Morgan fingerprint density at radius 1 is 0.900 bits per heavy atom. The lowest BCUT2D eigenvalue weighted by molar-refractivity contribution is -0.139. The number of carbonyl (C=O) groups excluding carboxylic acids is 2.